The van der Waals surface area contributed by atoms with Gasteiger partial charge in [-0.15, -0.1) is 0 Å². The Balaban J connectivity index is 1.53. The van der Waals surface area contributed by atoms with Gasteiger partial charge in [0.2, 0.25) is 0 Å². The van der Waals surface area contributed by atoms with E-state index in [9.17, 15) is 0 Å². The van der Waals surface area contributed by atoms with E-state index in [1.54, 1.807) is 0 Å². The molecule has 0 spiro atoms. The zero-order chi connectivity index (χ0) is 27.6. The molecule has 5 rings (SSSR count). The van der Waals surface area contributed by atoms with Crippen LogP contribution in [-0.2, 0) is 0 Å². The van der Waals surface area contributed by atoms with Gasteiger partial charge in [0.1, 0.15) is 0 Å². The number of unbranched alkanes of at least 4 members (excludes halogenated alkanes) is 2. The summed E-state index contributed by atoms with van der Waals surface area (Å²) in [5, 5.41) is 0. The average molecular weight is 525 g/mol. The predicted molar refractivity (Wildman–Crippen MR) is 174 cm³/mol. The lowest BCUT2D eigenvalue weighted by Crippen LogP contribution is -2.19. The van der Waals surface area contributed by atoms with Gasteiger partial charge in [0.05, 0.1) is 0 Å². The van der Waals surface area contributed by atoms with Gasteiger partial charge in [-0.2, -0.15) is 0 Å². The van der Waals surface area contributed by atoms with Crippen molar-refractivity contribution < 1.29 is 0 Å². The van der Waals surface area contributed by atoms with Gasteiger partial charge in [-0.05, 0) is 78.1 Å². The van der Waals surface area contributed by atoms with E-state index in [1.807, 2.05) is 0 Å². The van der Waals surface area contributed by atoms with Crippen LogP contribution < -0.4 is 9.80 Å². The van der Waals surface area contributed by atoms with Gasteiger partial charge in [0, 0.05) is 41.4 Å². The highest BCUT2D eigenvalue weighted by Crippen LogP contribution is 2.39. The summed E-state index contributed by atoms with van der Waals surface area (Å²) in [5.74, 6) is 0. The molecule has 40 heavy (non-hydrogen) atoms. The first-order valence-electron chi connectivity index (χ1n) is 14.7. The molecule has 0 aliphatic carbocycles. The summed E-state index contributed by atoms with van der Waals surface area (Å²) >= 11 is 0. The van der Waals surface area contributed by atoms with Crippen molar-refractivity contribution in [2.45, 2.75) is 39.5 Å². The molecule has 0 radical (unpaired) electrons. The molecule has 2 heteroatoms. The van der Waals surface area contributed by atoms with Crippen LogP contribution in [0.2, 0.25) is 0 Å². The number of nitrogens with zero attached hydrogens (tertiary/aromatic N) is 2. The van der Waals surface area contributed by atoms with Gasteiger partial charge in [-0.25, -0.2) is 0 Å². The van der Waals surface area contributed by atoms with E-state index in [-0.39, 0.29) is 0 Å². The van der Waals surface area contributed by atoms with Crippen LogP contribution >= 0.6 is 0 Å². The molecule has 0 N–H and O–H groups in total. The second kappa shape index (κ2) is 13.7. The Morgan fingerprint density at radius 2 is 0.900 bits per heavy atom. The van der Waals surface area contributed by atoms with Crippen molar-refractivity contribution >= 4 is 22.7 Å². The molecule has 2 nitrogen and oxygen atoms in total. The van der Waals surface area contributed by atoms with E-state index in [4.69, 9.17) is 0 Å². The highest BCUT2D eigenvalue weighted by molar-refractivity contribution is 5.86. The zero-order valence-corrected chi connectivity index (χ0v) is 23.8. The second-order valence-corrected chi connectivity index (χ2v) is 10.3. The van der Waals surface area contributed by atoms with Gasteiger partial charge in [0.15, 0.2) is 0 Å². The SMILES string of the molecule is CCCCN(c1ccccc1)c1ccc(-c2ccc(N(CCCC)c3ccccc3)c(-c3ccccc3)c2)cc1. The first kappa shape index (κ1) is 27.3. The number of para-hydroxylation sites is 2. The fraction of sp³-hybridized carbons (Fsp3) is 0.211. The van der Waals surface area contributed by atoms with E-state index in [0.717, 1.165) is 32.4 Å². The van der Waals surface area contributed by atoms with Crippen molar-refractivity contribution in [1.82, 2.24) is 0 Å². The highest BCUT2D eigenvalue weighted by atomic mass is 15.1. The van der Waals surface area contributed by atoms with Crippen molar-refractivity contribution in [3.8, 4) is 22.3 Å². The molecule has 0 aliphatic rings. The third-order valence-electron chi connectivity index (χ3n) is 7.49. The molecular formula is C38H40N2. The molecule has 5 aromatic rings. The van der Waals surface area contributed by atoms with Crippen LogP contribution in [0, 0.1) is 0 Å². The Labute approximate surface area is 240 Å². The Hall–Kier alpha value is -4.30. The van der Waals surface area contributed by atoms with E-state index in [2.05, 4.69) is 157 Å². The molecule has 0 heterocycles. The number of anilines is 4. The van der Waals surface area contributed by atoms with E-state index in [0.29, 0.717) is 0 Å². The van der Waals surface area contributed by atoms with E-state index < -0.39 is 0 Å². The molecule has 0 bridgehead atoms. The minimum Gasteiger partial charge on any atom is -0.341 e. The van der Waals surface area contributed by atoms with Crippen LogP contribution in [0.1, 0.15) is 39.5 Å². The minimum absolute atomic E-state index is 0.988. The third kappa shape index (κ3) is 6.46. The molecular weight excluding hydrogens is 484 g/mol. The van der Waals surface area contributed by atoms with Crippen LogP contribution in [0.5, 0.6) is 0 Å². The topological polar surface area (TPSA) is 6.48 Å². The summed E-state index contributed by atoms with van der Waals surface area (Å²) in [5.41, 5.74) is 9.93. The first-order valence-corrected chi connectivity index (χ1v) is 14.7. The maximum atomic E-state index is 2.48. The summed E-state index contributed by atoms with van der Waals surface area (Å²) in [6.07, 6.45) is 4.64. The van der Waals surface area contributed by atoms with Crippen molar-refractivity contribution in [2.75, 3.05) is 22.9 Å². The molecule has 0 amide bonds. The van der Waals surface area contributed by atoms with Crippen LogP contribution in [0.25, 0.3) is 22.3 Å². The summed E-state index contributed by atoms with van der Waals surface area (Å²) in [7, 11) is 0. The summed E-state index contributed by atoms with van der Waals surface area (Å²) < 4.78 is 0. The van der Waals surface area contributed by atoms with Crippen molar-refractivity contribution in [3.05, 3.63) is 133 Å². The van der Waals surface area contributed by atoms with Crippen molar-refractivity contribution in [2.24, 2.45) is 0 Å². The number of hydrogen-bond donors (Lipinski definition) is 0. The van der Waals surface area contributed by atoms with Crippen LogP contribution in [0.3, 0.4) is 0 Å². The largest absolute Gasteiger partial charge is 0.341 e. The molecule has 0 unspecified atom stereocenters. The Kier molecular flexibility index (Phi) is 9.32. The fourth-order valence-electron chi connectivity index (χ4n) is 5.28. The van der Waals surface area contributed by atoms with E-state index in [1.165, 1.54) is 51.4 Å². The molecule has 0 atom stereocenters. The smallest absolute Gasteiger partial charge is 0.0490 e. The van der Waals surface area contributed by atoms with Crippen molar-refractivity contribution in [3.63, 3.8) is 0 Å². The van der Waals surface area contributed by atoms with Gasteiger partial charge in [0.25, 0.3) is 0 Å². The maximum Gasteiger partial charge on any atom is 0.0490 e. The highest BCUT2D eigenvalue weighted by Gasteiger charge is 2.16. The molecule has 0 aliphatic heterocycles. The lowest BCUT2D eigenvalue weighted by Gasteiger charge is -2.28. The first-order chi connectivity index (χ1) is 19.8. The molecule has 0 aromatic heterocycles. The molecule has 0 saturated heterocycles. The summed E-state index contributed by atoms with van der Waals surface area (Å²) in [4.78, 5) is 4.90. The Morgan fingerprint density at radius 3 is 1.48 bits per heavy atom. The van der Waals surface area contributed by atoms with E-state index >= 15 is 0 Å². The molecule has 5 aromatic carbocycles. The standard InChI is InChI=1S/C38H40N2/c1-3-5-28-39(34-18-12-8-13-19-34)36-25-22-31(23-26-36)33-24-27-38(37(30-33)32-16-10-7-11-17-32)40(29-6-4-2)35-20-14-9-15-21-35/h7-27,30H,3-6,28-29H2,1-2H3. The fourth-order valence-corrected chi connectivity index (χ4v) is 5.28. The minimum atomic E-state index is 0.988. The zero-order valence-electron chi connectivity index (χ0n) is 23.8. The third-order valence-corrected chi connectivity index (χ3v) is 7.49. The predicted octanol–water partition coefficient (Wildman–Crippen LogP) is 10.9. The summed E-state index contributed by atoms with van der Waals surface area (Å²) in [6, 6.07) is 48.4. The van der Waals surface area contributed by atoms with Crippen LogP contribution in [-0.4, -0.2) is 13.1 Å². The van der Waals surface area contributed by atoms with Gasteiger partial charge < -0.3 is 9.80 Å². The Bertz CT molecular complexity index is 1440. The second-order valence-electron chi connectivity index (χ2n) is 10.3. The number of benzene rings is 5. The normalized spacial score (nSPS) is 10.8. The average Bonchev–Trinajstić information content (AvgIpc) is 3.03. The van der Waals surface area contributed by atoms with Gasteiger partial charge in [-0.3, -0.25) is 0 Å². The molecule has 0 saturated carbocycles. The number of hydrogen-bond acceptors (Lipinski definition) is 2. The number of rotatable bonds is 12. The van der Waals surface area contributed by atoms with Gasteiger partial charge >= 0.3 is 0 Å². The van der Waals surface area contributed by atoms with Crippen LogP contribution in [0.15, 0.2) is 133 Å². The Morgan fingerprint density at radius 1 is 0.425 bits per heavy atom. The molecule has 0 fully saturated rings. The summed E-state index contributed by atoms with van der Waals surface area (Å²) in [6.45, 7) is 6.51. The van der Waals surface area contributed by atoms with Gasteiger partial charge in [-0.1, -0.05) is 112 Å². The lowest BCUT2D eigenvalue weighted by atomic mass is 9.96. The molecule has 202 valence electrons. The monoisotopic (exact) mass is 524 g/mol. The van der Waals surface area contributed by atoms with Crippen LogP contribution in [0.4, 0.5) is 22.7 Å². The quantitative estimate of drug-likeness (QED) is 0.160. The maximum absolute atomic E-state index is 2.48. The van der Waals surface area contributed by atoms with Crippen molar-refractivity contribution in [1.29, 1.82) is 0 Å². The lowest BCUT2D eigenvalue weighted by molar-refractivity contribution is 0.786.